The SMILES string of the molecule is C1=NCC(c2cncc(C3Cc4ccccc4N3c3cnc4c(c3)CNCC4)c2)=N1. The summed E-state index contributed by atoms with van der Waals surface area (Å²) in [6.07, 6.45) is 9.47. The second kappa shape index (κ2) is 7.15. The molecule has 0 amide bonds. The van der Waals surface area contributed by atoms with Gasteiger partial charge in [0.05, 0.1) is 30.2 Å². The van der Waals surface area contributed by atoms with Gasteiger partial charge in [-0.2, -0.15) is 0 Å². The summed E-state index contributed by atoms with van der Waals surface area (Å²) in [6.45, 7) is 2.51. The van der Waals surface area contributed by atoms with Crippen LogP contribution in [-0.2, 0) is 19.4 Å². The fourth-order valence-electron chi connectivity index (χ4n) is 4.68. The van der Waals surface area contributed by atoms with E-state index in [0.717, 1.165) is 42.9 Å². The minimum absolute atomic E-state index is 0.175. The Morgan fingerprint density at radius 2 is 2.00 bits per heavy atom. The highest BCUT2D eigenvalue weighted by Gasteiger charge is 2.32. The number of nitrogens with zero attached hydrogens (tertiary/aromatic N) is 5. The molecule has 3 aliphatic rings. The second-order valence-electron chi connectivity index (χ2n) is 7.98. The number of fused-ring (bicyclic) bond motifs is 2. The van der Waals surface area contributed by atoms with Gasteiger partial charge in [0, 0.05) is 48.8 Å². The van der Waals surface area contributed by atoms with Crippen molar-refractivity contribution in [3.8, 4) is 0 Å². The zero-order valence-corrected chi connectivity index (χ0v) is 16.6. The Kier molecular flexibility index (Phi) is 4.16. The van der Waals surface area contributed by atoms with Crippen molar-refractivity contribution in [3.05, 3.63) is 82.9 Å². The molecule has 6 nitrogen and oxygen atoms in total. The van der Waals surface area contributed by atoms with E-state index in [1.54, 1.807) is 6.34 Å². The first-order valence-electron chi connectivity index (χ1n) is 10.4. The van der Waals surface area contributed by atoms with Gasteiger partial charge in [-0.25, -0.2) is 4.99 Å². The molecule has 148 valence electrons. The van der Waals surface area contributed by atoms with Gasteiger partial charge in [0.2, 0.25) is 0 Å². The summed E-state index contributed by atoms with van der Waals surface area (Å²) < 4.78 is 0. The molecule has 1 aromatic carbocycles. The van der Waals surface area contributed by atoms with Crippen molar-refractivity contribution in [2.24, 2.45) is 9.98 Å². The molecule has 5 heterocycles. The van der Waals surface area contributed by atoms with Crippen LogP contribution in [0.5, 0.6) is 0 Å². The zero-order chi connectivity index (χ0) is 19.9. The maximum atomic E-state index is 4.81. The highest BCUT2D eigenvalue weighted by molar-refractivity contribution is 6.08. The number of aliphatic imine (C=N–C) groups is 2. The number of nitrogens with one attached hydrogen (secondary N) is 1. The predicted molar refractivity (Wildman–Crippen MR) is 119 cm³/mol. The van der Waals surface area contributed by atoms with E-state index < -0.39 is 0 Å². The highest BCUT2D eigenvalue weighted by Crippen LogP contribution is 2.45. The molecule has 6 heteroatoms. The second-order valence-corrected chi connectivity index (χ2v) is 7.98. The molecule has 0 aliphatic carbocycles. The summed E-state index contributed by atoms with van der Waals surface area (Å²) in [6, 6.07) is 13.4. The van der Waals surface area contributed by atoms with Crippen LogP contribution in [0.1, 0.15) is 34.0 Å². The lowest BCUT2D eigenvalue weighted by Gasteiger charge is -2.29. The van der Waals surface area contributed by atoms with Crippen molar-refractivity contribution in [1.29, 1.82) is 0 Å². The summed E-state index contributed by atoms with van der Waals surface area (Å²) in [7, 11) is 0. The Labute approximate surface area is 175 Å². The van der Waals surface area contributed by atoms with E-state index in [4.69, 9.17) is 4.98 Å². The van der Waals surface area contributed by atoms with Gasteiger partial charge in [-0.1, -0.05) is 18.2 Å². The van der Waals surface area contributed by atoms with Crippen LogP contribution in [0, 0.1) is 0 Å². The zero-order valence-electron chi connectivity index (χ0n) is 16.6. The molecule has 6 rings (SSSR count). The summed E-state index contributed by atoms with van der Waals surface area (Å²) in [5, 5.41) is 3.47. The summed E-state index contributed by atoms with van der Waals surface area (Å²) in [5.41, 5.74) is 9.47. The number of hydrogen-bond acceptors (Lipinski definition) is 6. The highest BCUT2D eigenvalue weighted by atomic mass is 15.2. The smallest absolute Gasteiger partial charge is 0.110 e. The predicted octanol–water partition coefficient (Wildman–Crippen LogP) is 3.39. The Morgan fingerprint density at radius 3 is 2.93 bits per heavy atom. The van der Waals surface area contributed by atoms with E-state index in [1.165, 1.54) is 28.1 Å². The van der Waals surface area contributed by atoms with Crippen LogP contribution in [0.25, 0.3) is 0 Å². The maximum absolute atomic E-state index is 4.81. The number of anilines is 2. The van der Waals surface area contributed by atoms with Crippen molar-refractivity contribution in [1.82, 2.24) is 15.3 Å². The molecular weight excluding hydrogens is 372 g/mol. The van der Waals surface area contributed by atoms with Gasteiger partial charge >= 0.3 is 0 Å². The lowest BCUT2D eigenvalue weighted by molar-refractivity contribution is 0.629. The van der Waals surface area contributed by atoms with Gasteiger partial charge in [-0.05, 0) is 41.3 Å². The number of aromatic nitrogens is 2. The molecule has 1 N–H and O–H groups in total. The summed E-state index contributed by atoms with van der Waals surface area (Å²) in [4.78, 5) is 20.4. The van der Waals surface area contributed by atoms with E-state index in [0.29, 0.717) is 6.54 Å². The van der Waals surface area contributed by atoms with Crippen molar-refractivity contribution >= 4 is 23.4 Å². The van der Waals surface area contributed by atoms with Gasteiger partial charge in [0.25, 0.3) is 0 Å². The fourth-order valence-corrected chi connectivity index (χ4v) is 4.68. The summed E-state index contributed by atoms with van der Waals surface area (Å²) in [5.74, 6) is 0. The van der Waals surface area contributed by atoms with Crippen LogP contribution in [0.4, 0.5) is 11.4 Å². The van der Waals surface area contributed by atoms with Gasteiger partial charge in [-0.3, -0.25) is 15.0 Å². The molecule has 0 spiro atoms. The van der Waals surface area contributed by atoms with Crippen LogP contribution in [0.2, 0.25) is 0 Å². The van der Waals surface area contributed by atoms with Crippen LogP contribution < -0.4 is 10.2 Å². The Hall–Kier alpha value is -3.38. The molecule has 0 fully saturated rings. The number of hydrogen-bond donors (Lipinski definition) is 1. The topological polar surface area (TPSA) is 65.8 Å². The molecule has 3 aliphatic heterocycles. The lowest BCUT2D eigenvalue weighted by atomic mass is 10.0. The number of benzene rings is 1. The Balaban J connectivity index is 1.44. The molecule has 30 heavy (non-hydrogen) atoms. The third kappa shape index (κ3) is 2.92. The van der Waals surface area contributed by atoms with E-state index in [1.807, 2.05) is 18.6 Å². The number of para-hydroxylation sites is 1. The first-order valence-corrected chi connectivity index (χ1v) is 10.4. The van der Waals surface area contributed by atoms with Crippen molar-refractivity contribution < 1.29 is 0 Å². The van der Waals surface area contributed by atoms with Crippen LogP contribution in [0.15, 0.2) is 65.0 Å². The third-order valence-corrected chi connectivity index (χ3v) is 6.17. The molecule has 0 radical (unpaired) electrons. The van der Waals surface area contributed by atoms with Gasteiger partial charge < -0.3 is 10.2 Å². The van der Waals surface area contributed by atoms with Crippen LogP contribution in [0.3, 0.4) is 0 Å². The molecule has 3 aromatic rings. The third-order valence-electron chi connectivity index (χ3n) is 6.17. The van der Waals surface area contributed by atoms with Gasteiger partial charge in [0.1, 0.15) is 6.34 Å². The van der Waals surface area contributed by atoms with E-state index >= 15 is 0 Å². The first kappa shape index (κ1) is 17.5. The van der Waals surface area contributed by atoms with Crippen molar-refractivity contribution in [3.63, 3.8) is 0 Å². The molecular formula is C24H22N6. The van der Waals surface area contributed by atoms with Gasteiger partial charge in [0.15, 0.2) is 0 Å². The molecule has 0 saturated heterocycles. The lowest BCUT2D eigenvalue weighted by Crippen LogP contribution is -2.26. The standard InChI is InChI=1S/C24H22N6/c1-2-4-23-16(3-1)9-24(19-7-17(11-26-12-19)22-14-27-15-29-22)30(23)20-8-18-10-25-6-5-21(18)28-13-20/h1-4,7-8,11-13,15,24-25H,5-6,9-10,14H2. The molecule has 1 atom stereocenters. The summed E-state index contributed by atoms with van der Waals surface area (Å²) >= 11 is 0. The van der Waals surface area contributed by atoms with Crippen molar-refractivity contribution in [2.75, 3.05) is 18.0 Å². The van der Waals surface area contributed by atoms with E-state index in [2.05, 4.69) is 61.6 Å². The molecule has 0 saturated carbocycles. The first-order chi connectivity index (χ1) is 14.9. The fraction of sp³-hybridized carbons (Fsp3) is 0.250. The maximum Gasteiger partial charge on any atom is 0.110 e. The van der Waals surface area contributed by atoms with Gasteiger partial charge in [-0.15, -0.1) is 0 Å². The average Bonchev–Trinajstić information content (AvgIpc) is 3.47. The largest absolute Gasteiger partial charge is 0.332 e. The number of pyridine rings is 2. The molecule has 1 unspecified atom stereocenters. The monoisotopic (exact) mass is 394 g/mol. The average molecular weight is 394 g/mol. The van der Waals surface area contributed by atoms with Crippen LogP contribution in [-0.4, -0.2) is 35.1 Å². The van der Waals surface area contributed by atoms with Crippen LogP contribution >= 0.6 is 0 Å². The van der Waals surface area contributed by atoms with Crippen molar-refractivity contribution in [2.45, 2.75) is 25.4 Å². The minimum Gasteiger partial charge on any atom is -0.332 e. The van der Waals surface area contributed by atoms with E-state index in [9.17, 15) is 0 Å². The molecule has 0 bridgehead atoms. The Morgan fingerprint density at radius 1 is 1.03 bits per heavy atom. The quantitative estimate of drug-likeness (QED) is 0.740. The minimum atomic E-state index is 0.175. The normalized spacial score (nSPS) is 19.5. The molecule has 2 aromatic heterocycles. The van der Waals surface area contributed by atoms with E-state index in [-0.39, 0.29) is 6.04 Å². The number of rotatable bonds is 3. The Bertz CT molecular complexity index is 1180.